The number of carboxylic acid groups (broad SMARTS) is 1. The van der Waals surface area contributed by atoms with Crippen LogP contribution in [0.4, 0.5) is 17.6 Å². The zero-order valence-electron chi connectivity index (χ0n) is 23.8. The number of alkyl halides is 3. The first kappa shape index (κ1) is 34.8. The van der Waals surface area contributed by atoms with Crippen molar-refractivity contribution in [1.82, 2.24) is 14.7 Å². The number of benzene rings is 1. The average Bonchev–Trinajstić information content (AvgIpc) is 3.31. The second-order valence-corrected chi connectivity index (χ2v) is 15.4. The number of rotatable bonds is 9. The number of hydrogen-bond donors (Lipinski definition) is 1. The molecule has 16 heteroatoms. The van der Waals surface area contributed by atoms with Crippen molar-refractivity contribution in [2.75, 3.05) is 18.8 Å². The molecule has 1 aliphatic carbocycles. The van der Waals surface area contributed by atoms with E-state index in [1.165, 1.54) is 27.7 Å². The number of aromatic nitrogens is 2. The number of hydrogen-bond acceptors (Lipinski definition) is 6. The van der Waals surface area contributed by atoms with E-state index in [0.29, 0.717) is 15.8 Å². The normalized spacial score (nSPS) is 19.7. The quantitative estimate of drug-likeness (QED) is 0.252. The molecule has 1 aromatic carbocycles. The first-order valence-corrected chi connectivity index (χ1v) is 15.6. The third kappa shape index (κ3) is 7.51. The molecule has 1 aliphatic rings. The Balaban J connectivity index is 2.03. The van der Waals surface area contributed by atoms with Gasteiger partial charge in [-0.05, 0) is 65.5 Å². The number of ketones is 1. The highest BCUT2D eigenvalue weighted by molar-refractivity contribution is 7.92. The fourth-order valence-electron chi connectivity index (χ4n) is 4.80. The first-order valence-electron chi connectivity index (χ1n) is 13.2. The molecule has 0 unspecified atom stereocenters. The molecule has 3 rings (SSSR count). The molecule has 1 saturated carbocycles. The van der Waals surface area contributed by atoms with Gasteiger partial charge in [0.15, 0.2) is 21.3 Å². The third-order valence-corrected chi connectivity index (χ3v) is 10.9. The van der Waals surface area contributed by atoms with Crippen molar-refractivity contribution in [2.24, 2.45) is 5.41 Å². The van der Waals surface area contributed by atoms with Crippen LogP contribution in [0.1, 0.15) is 85.8 Å². The summed E-state index contributed by atoms with van der Waals surface area (Å²) in [7, 11) is -3.90. The van der Waals surface area contributed by atoms with Crippen LogP contribution in [0, 0.1) is 11.2 Å². The van der Waals surface area contributed by atoms with Crippen molar-refractivity contribution in [3.63, 3.8) is 0 Å². The highest BCUT2D eigenvalue weighted by atomic mass is 35.5. The van der Waals surface area contributed by atoms with E-state index in [9.17, 15) is 45.5 Å². The number of sulfone groups is 1. The Labute approximate surface area is 256 Å². The number of nitrogens with zero attached hydrogens (tertiary/aromatic N) is 3. The van der Waals surface area contributed by atoms with E-state index in [1.807, 2.05) is 0 Å². The van der Waals surface area contributed by atoms with Crippen LogP contribution in [0.25, 0.3) is 0 Å². The number of halogens is 6. The molecular weight excluding hydrogens is 641 g/mol. The summed E-state index contributed by atoms with van der Waals surface area (Å²) in [6, 6.07) is 0.725. The molecule has 1 fully saturated rings. The Bertz CT molecular complexity index is 1500. The van der Waals surface area contributed by atoms with Crippen LogP contribution >= 0.6 is 23.2 Å². The SMILES string of the molecule is CC1(C(=O)O)CCC(n2ncc(C(=O)N(CCS(=O)(=O)C(C)(C)C)CC(=O)c3c(Cl)cc(F)cc3Cl)c2C(F)(F)F)CC1. The van der Waals surface area contributed by atoms with Gasteiger partial charge in [0, 0.05) is 6.54 Å². The van der Waals surface area contributed by atoms with E-state index in [4.69, 9.17) is 23.2 Å². The fourth-order valence-corrected chi connectivity index (χ4v) is 6.54. The van der Waals surface area contributed by atoms with Gasteiger partial charge in [-0.2, -0.15) is 18.3 Å². The molecule has 1 aromatic heterocycles. The van der Waals surface area contributed by atoms with Crippen LogP contribution in [-0.4, -0.2) is 69.5 Å². The number of aliphatic carboxylic acids is 1. The van der Waals surface area contributed by atoms with Crippen LogP contribution in [0.3, 0.4) is 0 Å². The second-order valence-electron chi connectivity index (χ2n) is 11.8. The zero-order chi connectivity index (χ0) is 32.7. The third-order valence-electron chi connectivity index (χ3n) is 7.69. The Morgan fingerprint density at radius 1 is 1.12 bits per heavy atom. The molecule has 2 aromatic rings. The van der Waals surface area contributed by atoms with Crippen molar-refractivity contribution in [3.05, 3.63) is 51.0 Å². The van der Waals surface area contributed by atoms with Gasteiger partial charge >= 0.3 is 12.1 Å². The summed E-state index contributed by atoms with van der Waals surface area (Å²) >= 11 is 12.0. The van der Waals surface area contributed by atoms with Crippen molar-refractivity contribution in [3.8, 4) is 0 Å². The minimum Gasteiger partial charge on any atom is -0.481 e. The van der Waals surface area contributed by atoms with E-state index < -0.39 is 101 Å². The molecule has 0 atom stereocenters. The van der Waals surface area contributed by atoms with Crippen molar-refractivity contribution in [2.45, 2.75) is 70.3 Å². The Hall–Kier alpha value is -2.71. The zero-order valence-corrected chi connectivity index (χ0v) is 26.1. The van der Waals surface area contributed by atoms with E-state index >= 15 is 0 Å². The first-order chi connectivity index (χ1) is 19.6. The lowest BCUT2D eigenvalue weighted by molar-refractivity contribution is -0.152. The molecule has 1 amide bonds. The molecule has 1 heterocycles. The van der Waals surface area contributed by atoms with Crippen LogP contribution in [0.15, 0.2) is 18.3 Å². The fraction of sp³-hybridized carbons (Fsp3) is 0.556. The van der Waals surface area contributed by atoms with Gasteiger partial charge in [-0.1, -0.05) is 23.2 Å². The number of carbonyl (C=O) groups is 3. The summed E-state index contributed by atoms with van der Waals surface area (Å²) in [4.78, 5) is 39.1. The van der Waals surface area contributed by atoms with E-state index in [-0.39, 0.29) is 25.7 Å². The van der Waals surface area contributed by atoms with Gasteiger partial charge in [-0.15, -0.1) is 0 Å². The lowest BCUT2D eigenvalue weighted by Gasteiger charge is -2.34. The monoisotopic (exact) mass is 671 g/mol. The van der Waals surface area contributed by atoms with Crippen LogP contribution in [-0.2, 0) is 20.8 Å². The Kier molecular flexibility index (Phi) is 9.99. The lowest BCUT2D eigenvalue weighted by Crippen LogP contribution is -2.42. The van der Waals surface area contributed by atoms with Crippen molar-refractivity contribution < 1.29 is 45.5 Å². The summed E-state index contributed by atoms with van der Waals surface area (Å²) < 4.78 is 82.0. The highest BCUT2D eigenvalue weighted by Crippen LogP contribution is 2.43. The lowest BCUT2D eigenvalue weighted by atomic mass is 9.74. The predicted molar refractivity (Wildman–Crippen MR) is 151 cm³/mol. The number of amides is 1. The molecule has 43 heavy (non-hydrogen) atoms. The summed E-state index contributed by atoms with van der Waals surface area (Å²) in [5, 5.41) is 12.5. The Morgan fingerprint density at radius 2 is 1.65 bits per heavy atom. The van der Waals surface area contributed by atoms with Gasteiger partial charge in [-0.3, -0.25) is 19.1 Å². The maximum atomic E-state index is 14.4. The molecule has 9 nitrogen and oxygen atoms in total. The average molecular weight is 673 g/mol. The predicted octanol–water partition coefficient (Wildman–Crippen LogP) is 6.09. The van der Waals surface area contributed by atoms with E-state index in [1.54, 1.807) is 0 Å². The largest absolute Gasteiger partial charge is 0.481 e. The summed E-state index contributed by atoms with van der Waals surface area (Å²) in [5.74, 6) is -4.89. The van der Waals surface area contributed by atoms with Crippen LogP contribution in [0.2, 0.25) is 10.0 Å². The van der Waals surface area contributed by atoms with E-state index in [2.05, 4.69) is 5.10 Å². The van der Waals surface area contributed by atoms with Gasteiger partial charge in [-0.25, -0.2) is 12.8 Å². The van der Waals surface area contributed by atoms with Crippen LogP contribution < -0.4 is 0 Å². The second kappa shape index (κ2) is 12.4. The number of Topliss-reactive ketones (excluding diaryl/α,β-unsaturated/α-hetero) is 1. The Morgan fingerprint density at radius 3 is 2.12 bits per heavy atom. The summed E-state index contributed by atoms with van der Waals surface area (Å²) in [5.41, 5.74) is -3.83. The molecule has 1 N–H and O–H groups in total. The standard InChI is InChI=1S/C27H31Cl2F4N3O6S/c1-25(2,3)43(41,42)10-9-35(14-20(37)21-18(28)11-15(30)12-19(21)29)23(38)17-13-34-36(22(17)27(31,32)33)16-5-7-26(4,8-6-16)24(39)40/h11-13,16H,5-10,14H2,1-4H3,(H,39,40). The van der Waals surface area contributed by atoms with Gasteiger partial charge in [0.1, 0.15) is 5.82 Å². The molecular formula is C27H31Cl2F4N3O6S. The summed E-state index contributed by atoms with van der Waals surface area (Å²) in [6.07, 6.45) is -4.13. The van der Waals surface area contributed by atoms with Crippen LogP contribution in [0.5, 0.6) is 0 Å². The van der Waals surface area contributed by atoms with Gasteiger partial charge in [0.05, 0.1) is 55.9 Å². The minimum absolute atomic E-state index is 0.0504. The molecule has 0 saturated heterocycles. The maximum absolute atomic E-state index is 14.4. The molecule has 0 bridgehead atoms. The van der Waals surface area contributed by atoms with Gasteiger partial charge in [0.2, 0.25) is 0 Å². The molecule has 0 spiro atoms. The topological polar surface area (TPSA) is 127 Å². The van der Waals surface area contributed by atoms with Gasteiger partial charge < -0.3 is 10.0 Å². The molecule has 0 radical (unpaired) electrons. The van der Waals surface area contributed by atoms with E-state index in [0.717, 1.165) is 12.1 Å². The smallest absolute Gasteiger partial charge is 0.433 e. The highest BCUT2D eigenvalue weighted by Gasteiger charge is 2.45. The number of carboxylic acids is 1. The number of carbonyl (C=O) groups excluding carboxylic acids is 2. The maximum Gasteiger partial charge on any atom is 0.433 e. The van der Waals surface area contributed by atoms with Gasteiger partial charge in [0.25, 0.3) is 5.91 Å². The molecule has 238 valence electrons. The van der Waals surface area contributed by atoms with Crippen molar-refractivity contribution in [1.29, 1.82) is 0 Å². The minimum atomic E-state index is -5.09. The van der Waals surface area contributed by atoms with Crippen molar-refractivity contribution >= 4 is 50.7 Å². The molecule has 0 aliphatic heterocycles. The summed E-state index contributed by atoms with van der Waals surface area (Å²) in [6.45, 7) is 4.14.